The van der Waals surface area contributed by atoms with E-state index >= 15 is 0 Å². The zero-order valence-electron chi connectivity index (χ0n) is 10.5. The van der Waals surface area contributed by atoms with Gasteiger partial charge in [0, 0.05) is 12.5 Å². The Kier molecular flexibility index (Phi) is 4.00. The number of halogens is 1. The number of hydrogen-bond acceptors (Lipinski definition) is 2. The summed E-state index contributed by atoms with van der Waals surface area (Å²) in [5.41, 5.74) is 0. The molecule has 2 nitrogen and oxygen atoms in total. The summed E-state index contributed by atoms with van der Waals surface area (Å²) >= 11 is 0. The van der Waals surface area contributed by atoms with Gasteiger partial charge in [0.05, 0.1) is 0 Å². The molecular weight excluding hydrogens is 217 g/mol. The maximum Gasteiger partial charge on any atom is 0.123 e. The molecule has 0 saturated carbocycles. The molecule has 0 N–H and O–H groups in total. The van der Waals surface area contributed by atoms with Crippen molar-refractivity contribution in [3.05, 3.63) is 30.1 Å². The number of hydrogen-bond donors (Lipinski definition) is 0. The maximum absolute atomic E-state index is 12.8. The van der Waals surface area contributed by atoms with E-state index in [2.05, 4.69) is 18.9 Å². The topological polar surface area (TPSA) is 12.5 Å². The molecule has 2 rings (SSSR count). The Morgan fingerprint density at radius 2 is 2.00 bits per heavy atom. The van der Waals surface area contributed by atoms with E-state index in [1.54, 1.807) is 12.1 Å². The van der Waals surface area contributed by atoms with Crippen LogP contribution >= 0.6 is 0 Å². The van der Waals surface area contributed by atoms with Gasteiger partial charge in [0.25, 0.3) is 0 Å². The molecule has 1 aromatic rings. The number of likely N-dealkylation sites (tertiary alicyclic amines) is 1. The zero-order valence-corrected chi connectivity index (χ0v) is 10.5. The van der Waals surface area contributed by atoms with Crippen LogP contribution in [0.4, 0.5) is 4.39 Å². The largest absolute Gasteiger partial charge is 0.490 e. The van der Waals surface area contributed by atoms with Crippen LogP contribution in [0.2, 0.25) is 0 Å². The average Bonchev–Trinajstić information content (AvgIpc) is 2.44. The maximum atomic E-state index is 12.8. The molecule has 1 fully saturated rings. The van der Waals surface area contributed by atoms with E-state index in [1.807, 2.05) is 0 Å². The summed E-state index contributed by atoms with van der Waals surface area (Å²) in [6.07, 6.45) is 2.47. The predicted molar refractivity (Wildman–Crippen MR) is 66.7 cm³/mol. The van der Waals surface area contributed by atoms with E-state index in [0.29, 0.717) is 5.92 Å². The molecule has 3 heteroatoms. The minimum atomic E-state index is -0.217. The van der Waals surface area contributed by atoms with Crippen molar-refractivity contribution in [3.63, 3.8) is 0 Å². The summed E-state index contributed by atoms with van der Waals surface area (Å²) in [6.45, 7) is 4.41. The smallest absolute Gasteiger partial charge is 0.123 e. The molecule has 0 spiro atoms. The normalized spacial score (nSPS) is 26.5. The van der Waals surface area contributed by atoms with Crippen LogP contribution in [-0.2, 0) is 0 Å². The highest BCUT2D eigenvalue weighted by Crippen LogP contribution is 2.22. The number of nitrogens with zero attached hydrogens (tertiary/aromatic N) is 1. The van der Waals surface area contributed by atoms with Gasteiger partial charge < -0.3 is 9.64 Å². The third-order valence-electron chi connectivity index (χ3n) is 3.36. The predicted octanol–water partition coefficient (Wildman–Crippen LogP) is 2.93. The van der Waals surface area contributed by atoms with E-state index in [-0.39, 0.29) is 11.9 Å². The van der Waals surface area contributed by atoms with Crippen molar-refractivity contribution in [2.75, 3.05) is 20.1 Å². The minimum Gasteiger partial charge on any atom is -0.490 e. The quantitative estimate of drug-likeness (QED) is 0.784. The van der Waals surface area contributed by atoms with E-state index in [4.69, 9.17) is 4.74 Å². The van der Waals surface area contributed by atoms with Crippen LogP contribution in [0.25, 0.3) is 0 Å². The minimum absolute atomic E-state index is 0.217. The first-order valence-electron chi connectivity index (χ1n) is 6.26. The molecule has 0 aromatic heterocycles. The average molecular weight is 237 g/mol. The molecule has 1 aliphatic rings. The molecule has 1 aromatic carbocycles. The lowest BCUT2D eigenvalue weighted by molar-refractivity contribution is 0.131. The van der Waals surface area contributed by atoms with Crippen LogP contribution in [0.3, 0.4) is 0 Å². The van der Waals surface area contributed by atoms with Gasteiger partial charge in [0.1, 0.15) is 17.7 Å². The molecule has 0 radical (unpaired) electrons. The highest BCUT2D eigenvalue weighted by atomic mass is 19.1. The van der Waals surface area contributed by atoms with Gasteiger partial charge in [-0.15, -0.1) is 0 Å². The van der Waals surface area contributed by atoms with Crippen molar-refractivity contribution in [3.8, 4) is 5.75 Å². The van der Waals surface area contributed by atoms with Gasteiger partial charge in [-0.3, -0.25) is 0 Å². The SMILES string of the molecule is CC1CN(C)CCCC1Oc1ccc(F)cc1. The van der Waals surface area contributed by atoms with Gasteiger partial charge in [-0.05, 0) is 50.7 Å². The van der Waals surface area contributed by atoms with Crippen LogP contribution in [0, 0.1) is 11.7 Å². The van der Waals surface area contributed by atoms with Crippen LogP contribution < -0.4 is 4.74 Å². The van der Waals surface area contributed by atoms with Gasteiger partial charge in [0.2, 0.25) is 0 Å². The fraction of sp³-hybridized carbons (Fsp3) is 0.571. The summed E-state index contributed by atoms with van der Waals surface area (Å²) in [6, 6.07) is 6.30. The Morgan fingerprint density at radius 1 is 1.29 bits per heavy atom. The van der Waals surface area contributed by atoms with E-state index in [1.165, 1.54) is 12.1 Å². The summed E-state index contributed by atoms with van der Waals surface area (Å²) in [5, 5.41) is 0. The molecule has 2 atom stereocenters. The van der Waals surface area contributed by atoms with Crippen molar-refractivity contribution in [2.24, 2.45) is 5.92 Å². The first-order valence-corrected chi connectivity index (χ1v) is 6.26. The van der Waals surface area contributed by atoms with Crippen molar-refractivity contribution in [1.82, 2.24) is 4.90 Å². The second-order valence-corrected chi connectivity index (χ2v) is 4.99. The van der Waals surface area contributed by atoms with Crippen LogP contribution in [-0.4, -0.2) is 31.1 Å². The van der Waals surface area contributed by atoms with Crippen molar-refractivity contribution in [2.45, 2.75) is 25.9 Å². The number of rotatable bonds is 2. The molecule has 2 unspecified atom stereocenters. The van der Waals surface area contributed by atoms with Gasteiger partial charge >= 0.3 is 0 Å². The molecule has 0 amide bonds. The zero-order chi connectivity index (χ0) is 12.3. The molecule has 1 heterocycles. The first-order chi connectivity index (χ1) is 8.15. The Morgan fingerprint density at radius 3 is 2.71 bits per heavy atom. The van der Waals surface area contributed by atoms with E-state index in [9.17, 15) is 4.39 Å². The Hall–Kier alpha value is -1.09. The van der Waals surface area contributed by atoms with Crippen LogP contribution in [0.5, 0.6) is 5.75 Å². The summed E-state index contributed by atoms with van der Waals surface area (Å²) in [7, 11) is 2.15. The van der Waals surface area contributed by atoms with Crippen LogP contribution in [0.15, 0.2) is 24.3 Å². The van der Waals surface area contributed by atoms with Gasteiger partial charge in [-0.2, -0.15) is 0 Å². The molecule has 1 aliphatic heterocycles. The monoisotopic (exact) mass is 237 g/mol. The summed E-state index contributed by atoms with van der Waals surface area (Å²) in [4.78, 5) is 2.35. The third-order valence-corrected chi connectivity index (χ3v) is 3.36. The van der Waals surface area contributed by atoms with Crippen molar-refractivity contribution >= 4 is 0 Å². The van der Waals surface area contributed by atoms with Crippen molar-refractivity contribution < 1.29 is 9.13 Å². The fourth-order valence-electron chi connectivity index (χ4n) is 2.41. The summed E-state index contributed by atoms with van der Waals surface area (Å²) < 4.78 is 18.8. The molecule has 1 saturated heterocycles. The van der Waals surface area contributed by atoms with E-state index < -0.39 is 0 Å². The standard InChI is InChI=1S/C14H20FNO/c1-11-10-16(2)9-3-4-14(11)17-13-7-5-12(15)6-8-13/h5-8,11,14H,3-4,9-10H2,1-2H3. The Bertz CT molecular complexity index is 352. The highest BCUT2D eigenvalue weighted by molar-refractivity contribution is 5.22. The highest BCUT2D eigenvalue weighted by Gasteiger charge is 2.23. The Balaban J connectivity index is 1.99. The third kappa shape index (κ3) is 3.43. The molecule has 94 valence electrons. The molecule has 17 heavy (non-hydrogen) atoms. The molecule has 0 aliphatic carbocycles. The van der Waals surface area contributed by atoms with Gasteiger partial charge in [-0.1, -0.05) is 6.92 Å². The number of ether oxygens (including phenoxy) is 1. The summed E-state index contributed by atoms with van der Waals surface area (Å²) in [5.74, 6) is 1.06. The first kappa shape index (κ1) is 12.4. The lowest BCUT2D eigenvalue weighted by Gasteiger charge is -2.24. The molecular formula is C14H20FNO. The lowest BCUT2D eigenvalue weighted by Crippen LogP contribution is -2.30. The number of benzene rings is 1. The van der Waals surface area contributed by atoms with Crippen molar-refractivity contribution in [1.29, 1.82) is 0 Å². The van der Waals surface area contributed by atoms with Gasteiger partial charge in [-0.25, -0.2) is 4.39 Å². The van der Waals surface area contributed by atoms with Crippen LogP contribution in [0.1, 0.15) is 19.8 Å². The second-order valence-electron chi connectivity index (χ2n) is 4.99. The fourth-order valence-corrected chi connectivity index (χ4v) is 2.41. The molecule has 0 bridgehead atoms. The van der Waals surface area contributed by atoms with E-state index in [0.717, 1.165) is 31.7 Å². The second kappa shape index (κ2) is 5.50. The Labute approximate surface area is 102 Å². The van der Waals surface area contributed by atoms with Gasteiger partial charge in [0.15, 0.2) is 0 Å². The lowest BCUT2D eigenvalue weighted by atomic mass is 10.0.